The van der Waals surface area contributed by atoms with E-state index in [1.165, 1.54) is 37.7 Å². The van der Waals surface area contributed by atoms with Gasteiger partial charge in [0.1, 0.15) is 0 Å². The Balaban J connectivity index is 2.45. The Bertz CT molecular complexity index is 242. The second-order valence-electron chi connectivity index (χ2n) is 4.22. The van der Waals surface area contributed by atoms with Gasteiger partial charge in [-0.15, -0.1) is 0 Å². The van der Waals surface area contributed by atoms with Gasteiger partial charge in [0.2, 0.25) is 0 Å². The predicted molar refractivity (Wildman–Crippen MR) is 60.2 cm³/mol. The molecular formula is C13H20O. The van der Waals surface area contributed by atoms with E-state index in [0.29, 0.717) is 0 Å². The number of carbonyl (C=O) groups is 1. The van der Waals surface area contributed by atoms with Crippen molar-refractivity contribution in [3.8, 4) is 0 Å². The summed E-state index contributed by atoms with van der Waals surface area (Å²) in [6.07, 6.45) is 12.4. The Morgan fingerprint density at radius 1 is 1.14 bits per heavy atom. The van der Waals surface area contributed by atoms with Crippen molar-refractivity contribution < 1.29 is 4.79 Å². The summed E-state index contributed by atoms with van der Waals surface area (Å²) in [7, 11) is 0. The van der Waals surface area contributed by atoms with Crippen molar-refractivity contribution >= 4 is 5.78 Å². The van der Waals surface area contributed by atoms with Crippen LogP contribution in [-0.4, -0.2) is 5.78 Å². The van der Waals surface area contributed by atoms with Gasteiger partial charge in [-0.2, -0.15) is 0 Å². The predicted octanol–water partition coefficient (Wildman–Crippen LogP) is 3.66. The molecular weight excluding hydrogens is 172 g/mol. The van der Waals surface area contributed by atoms with E-state index in [-0.39, 0.29) is 5.78 Å². The second-order valence-corrected chi connectivity index (χ2v) is 4.22. The zero-order chi connectivity index (χ0) is 10.4. The molecule has 14 heavy (non-hydrogen) atoms. The van der Waals surface area contributed by atoms with Crippen LogP contribution in [0, 0.1) is 5.92 Å². The monoisotopic (exact) mass is 192 g/mol. The van der Waals surface area contributed by atoms with Crippen LogP contribution in [-0.2, 0) is 4.79 Å². The van der Waals surface area contributed by atoms with Gasteiger partial charge < -0.3 is 0 Å². The molecule has 1 nitrogen and oxygen atoms in total. The summed E-state index contributed by atoms with van der Waals surface area (Å²) in [4.78, 5) is 10.7. The van der Waals surface area contributed by atoms with Crippen molar-refractivity contribution in [2.75, 3.05) is 0 Å². The molecule has 0 bridgehead atoms. The van der Waals surface area contributed by atoms with Crippen molar-refractivity contribution in [3.05, 3.63) is 23.8 Å². The van der Waals surface area contributed by atoms with Gasteiger partial charge >= 0.3 is 0 Å². The van der Waals surface area contributed by atoms with E-state index in [4.69, 9.17) is 0 Å². The van der Waals surface area contributed by atoms with Gasteiger partial charge in [-0.1, -0.05) is 37.0 Å². The smallest absolute Gasteiger partial charge is 0.152 e. The maximum absolute atomic E-state index is 10.7. The van der Waals surface area contributed by atoms with Crippen LogP contribution >= 0.6 is 0 Å². The Morgan fingerprint density at radius 2 is 1.79 bits per heavy atom. The highest BCUT2D eigenvalue weighted by atomic mass is 16.1. The molecule has 1 aliphatic carbocycles. The highest BCUT2D eigenvalue weighted by Gasteiger charge is 2.13. The SMILES string of the molecule is CC(=O)/C=C/C=C(\C)C1CCCCC1. The van der Waals surface area contributed by atoms with E-state index >= 15 is 0 Å². The highest BCUT2D eigenvalue weighted by Crippen LogP contribution is 2.29. The highest BCUT2D eigenvalue weighted by molar-refractivity contribution is 5.87. The Morgan fingerprint density at radius 3 is 2.36 bits per heavy atom. The van der Waals surface area contributed by atoms with E-state index in [1.807, 2.05) is 6.08 Å². The zero-order valence-electron chi connectivity index (χ0n) is 9.25. The molecule has 0 heterocycles. The summed E-state index contributed by atoms with van der Waals surface area (Å²) in [5.74, 6) is 0.887. The van der Waals surface area contributed by atoms with Crippen molar-refractivity contribution in [2.45, 2.75) is 46.0 Å². The van der Waals surface area contributed by atoms with E-state index in [9.17, 15) is 4.79 Å². The number of carbonyl (C=O) groups excluding carboxylic acids is 1. The third kappa shape index (κ3) is 3.91. The molecule has 0 aromatic heterocycles. The van der Waals surface area contributed by atoms with Crippen molar-refractivity contribution in [1.29, 1.82) is 0 Å². The minimum atomic E-state index is 0.123. The average Bonchev–Trinajstić information content (AvgIpc) is 2.18. The molecule has 1 aliphatic rings. The van der Waals surface area contributed by atoms with Crippen LogP contribution in [0.5, 0.6) is 0 Å². The van der Waals surface area contributed by atoms with Gasteiger partial charge in [-0.25, -0.2) is 0 Å². The van der Waals surface area contributed by atoms with E-state index in [0.717, 1.165) is 5.92 Å². The van der Waals surface area contributed by atoms with Gasteiger partial charge in [0, 0.05) is 0 Å². The van der Waals surface area contributed by atoms with Gasteiger partial charge in [-0.3, -0.25) is 4.79 Å². The minimum absolute atomic E-state index is 0.123. The number of allylic oxidation sites excluding steroid dienone is 4. The molecule has 1 heteroatoms. The van der Waals surface area contributed by atoms with E-state index in [2.05, 4.69) is 13.0 Å². The Hall–Kier alpha value is -0.850. The molecule has 0 unspecified atom stereocenters. The van der Waals surface area contributed by atoms with Gasteiger partial charge in [0.25, 0.3) is 0 Å². The standard InChI is InChI=1S/C13H20O/c1-11(7-6-8-12(2)14)13-9-4-3-5-10-13/h6-8,13H,3-5,9-10H2,1-2H3/b8-6+,11-7+. The van der Waals surface area contributed by atoms with Crippen LogP contribution in [0.3, 0.4) is 0 Å². The number of hydrogen-bond acceptors (Lipinski definition) is 1. The van der Waals surface area contributed by atoms with Gasteiger partial charge in [0.15, 0.2) is 5.78 Å². The van der Waals surface area contributed by atoms with Crippen LogP contribution in [0.4, 0.5) is 0 Å². The normalized spacial score (nSPS) is 20.3. The fraction of sp³-hybridized carbons (Fsp3) is 0.615. The molecule has 0 atom stereocenters. The third-order valence-corrected chi connectivity index (χ3v) is 2.94. The maximum Gasteiger partial charge on any atom is 0.152 e. The fourth-order valence-electron chi connectivity index (χ4n) is 2.03. The molecule has 0 aliphatic heterocycles. The van der Waals surface area contributed by atoms with Crippen LogP contribution in [0.2, 0.25) is 0 Å². The molecule has 78 valence electrons. The topological polar surface area (TPSA) is 17.1 Å². The number of ketones is 1. The molecule has 0 saturated heterocycles. The second kappa shape index (κ2) is 5.79. The number of hydrogen-bond donors (Lipinski definition) is 0. The lowest BCUT2D eigenvalue weighted by molar-refractivity contribution is -0.112. The minimum Gasteiger partial charge on any atom is -0.295 e. The summed E-state index contributed by atoms with van der Waals surface area (Å²) < 4.78 is 0. The van der Waals surface area contributed by atoms with Crippen molar-refractivity contribution in [2.24, 2.45) is 5.92 Å². The molecule has 0 spiro atoms. The largest absolute Gasteiger partial charge is 0.295 e. The van der Waals surface area contributed by atoms with E-state index < -0.39 is 0 Å². The molecule has 0 aromatic carbocycles. The molecule has 0 aromatic rings. The molecule has 1 fully saturated rings. The molecule has 0 N–H and O–H groups in total. The van der Waals surface area contributed by atoms with Crippen molar-refractivity contribution in [1.82, 2.24) is 0 Å². The first-order chi connectivity index (χ1) is 6.70. The van der Waals surface area contributed by atoms with Crippen LogP contribution in [0.1, 0.15) is 46.0 Å². The summed E-state index contributed by atoms with van der Waals surface area (Å²) in [6.45, 7) is 3.76. The molecule has 0 radical (unpaired) electrons. The zero-order valence-corrected chi connectivity index (χ0v) is 9.25. The molecule has 1 saturated carbocycles. The number of rotatable bonds is 3. The first-order valence-corrected chi connectivity index (χ1v) is 5.55. The van der Waals surface area contributed by atoms with Crippen molar-refractivity contribution in [3.63, 3.8) is 0 Å². The summed E-state index contributed by atoms with van der Waals surface area (Å²) >= 11 is 0. The lowest BCUT2D eigenvalue weighted by Crippen LogP contribution is -2.06. The van der Waals surface area contributed by atoms with E-state index in [1.54, 1.807) is 13.0 Å². The summed E-state index contributed by atoms with van der Waals surface area (Å²) in [6, 6.07) is 0. The quantitative estimate of drug-likeness (QED) is 0.492. The Labute approximate surface area is 86.9 Å². The summed E-state index contributed by atoms with van der Waals surface area (Å²) in [5.41, 5.74) is 1.43. The molecule has 0 amide bonds. The van der Waals surface area contributed by atoms with Crippen LogP contribution in [0.25, 0.3) is 0 Å². The lowest BCUT2D eigenvalue weighted by Gasteiger charge is -2.21. The summed E-state index contributed by atoms with van der Waals surface area (Å²) in [5, 5.41) is 0. The van der Waals surface area contributed by atoms with Gasteiger partial charge in [-0.05, 0) is 38.7 Å². The average molecular weight is 192 g/mol. The lowest BCUT2D eigenvalue weighted by atomic mass is 9.84. The van der Waals surface area contributed by atoms with Crippen LogP contribution in [0.15, 0.2) is 23.8 Å². The third-order valence-electron chi connectivity index (χ3n) is 2.94. The first kappa shape index (κ1) is 11.2. The fourth-order valence-corrected chi connectivity index (χ4v) is 2.03. The molecule has 1 rings (SSSR count). The van der Waals surface area contributed by atoms with Gasteiger partial charge in [0.05, 0.1) is 0 Å². The Kier molecular flexibility index (Phi) is 4.64. The van der Waals surface area contributed by atoms with Crippen LogP contribution < -0.4 is 0 Å². The maximum atomic E-state index is 10.7. The first-order valence-electron chi connectivity index (χ1n) is 5.55.